The van der Waals surface area contributed by atoms with Crippen LogP contribution < -0.4 is 5.73 Å². The molecule has 0 bridgehead atoms. The third-order valence-corrected chi connectivity index (χ3v) is 6.13. The van der Waals surface area contributed by atoms with Gasteiger partial charge < -0.3 is 5.73 Å². The molecule has 0 aliphatic carbocycles. The highest BCUT2D eigenvalue weighted by Gasteiger charge is 2.07. The van der Waals surface area contributed by atoms with E-state index in [9.17, 15) is 0 Å². The molecule has 4 aromatic rings. The summed E-state index contributed by atoms with van der Waals surface area (Å²) in [5, 5.41) is 4.44. The fraction of sp³-hybridized carbons (Fsp3) is 0.267. The predicted octanol–water partition coefficient (Wildman–Crippen LogP) is 7.58. The predicted molar refractivity (Wildman–Crippen MR) is 144 cm³/mol. The Hall–Kier alpha value is -3.66. The molecule has 0 amide bonds. The highest BCUT2D eigenvalue weighted by molar-refractivity contribution is 5.79. The van der Waals surface area contributed by atoms with Crippen molar-refractivity contribution in [1.82, 2.24) is 9.66 Å². The number of hydrogen-bond acceptors (Lipinski definition) is 3. The highest BCUT2D eigenvalue weighted by Crippen LogP contribution is 2.25. The highest BCUT2D eigenvalue weighted by atomic mass is 15.4. The first-order valence-corrected chi connectivity index (χ1v) is 12.4. The summed E-state index contributed by atoms with van der Waals surface area (Å²) in [7, 11) is 0. The zero-order chi connectivity index (χ0) is 23.6. The Morgan fingerprint density at radius 3 is 2.09 bits per heavy atom. The van der Waals surface area contributed by atoms with E-state index in [-0.39, 0.29) is 0 Å². The van der Waals surface area contributed by atoms with Crippen molar-refractivity contribution < 1.29 is 0 Å². The van der Waals surface area contributed by atoms with Crippen LogP contribution in [0.2, 0.25) is 0 Å². The molecule has 2 N–H and O–H groups in total. The van der Waals surface area contributed by atoms with Gasteiger partial charge in [-0.05, 0) is 35.1 Å². The van der Waals surface area contributed by atoms with Crippen molar-refractivity contribution in [2.75, 3.05) is 5.73 Å². The third kappa shape index (κ3) is 6.44. The summed E-state index contributed by atoms with van der Waals surface area (Å²) in [6.07, 6.45) is 12.8. The van der Waals surface area contributed by atoms with Crippen LogP contribution in [-0.4, -0.2) is 15.9 Å². The molecule has 4 heteroatoms. The smallest absolute Gasteiger partial charge is 0.221 e. The van der Waals surface area contributed by atoms with Crippen LogP contribution in [0.1, 0.15) is 56.6 Å². The molecule has 174 valence electrons. The molecular formula is C30H34N4. The Kier molecular flexibility index (Phi) is 8.28. The Balaban J connectivity index is 1.36. The maximum atomic E-state index is 6.08. The minimum atomic E-state index is 0.368. The van der Waals surface area contributed by atoms with Gasteiger partial charge in [0.1, 0.15) is 0 Å². The van der Waals surface area contributed by atoms with Crippen molar-refractivity contribution in [3.8, 4) is 22.4 Å². The number of imidazole rings is 1. The molecule has 1 heterocycles. The summed E-state index contributed by atoms with van der Waals surface area (Å²) in [5.74, 6) is 0.368. The maximum absolute atomic E-state index is 6.08. The van der Waals surface area contributed by atoms with Crippen LogP contribution in [0.4, 0.5) is 5.95 Å². The molecule has 0 saturated carbocycles. The number of unbranched alkanes of at least 4 members (excludes halogenated alkanes) is 5. The van der Waals surface area contributed by atoms with Gasteiger partial charge in [-0.2, -0.15) is 5.10 Å². The van der Waals surface area contributed by atoms with Gasteiger partial charge in [0.05, 0.1) is 18.1 Å². The van der Waals surface area contributed by atoms with Gasteiger partial charge >= 0.3 is 0 Å². The summed E-state index contributed by atoms with van der Waals surface area (Å²) in [6, 6.07) is 27.4. The zero-order valence-electron chi connectivity index (χ0n) is 20.0. The van der Waals surface area contributed by atoms with Gasteiger partial charge in [-0.15, -0.1) is 0 Å². The Labute approximate surface area is 203 Å². The molecule has 0 atom stereocenters. The molecular weight excluding hydrogens is 416 g/mol. The first-order chi connectivity index (χ1) is 16.7. The van der Waals surface area contributed by atoms with Crippen molar-refractivity contribution in [2.45, 2.75) is 51.9 Å². The first kappa shape index (κ1) is 23.5. The number of nitrogens with zero attached hydrogens (tertiary/aromatic N) is 3. The van der Waals surface area contributed by atoms with Gasteiger partial charge in [-0.1, -0.05) is 118 Å². The number of aromatic nitrogens is 2. The van der Waals surface area contributed by atoms with Crippen LogP contribution in [0.15, 0.2) is 90.2 Å². The number of hydrogen-bond donors (Lipinski definition) is 1. The minimum Gasteiger partial charge on any atom is -0.368 e. The van der Waals surface area contributed by atoms with Crippen molar-refractivity contribution >= 4 is 12.2 Å². The van der Waals surface area contributed by atoms with E-state index in [0.29, 0.717) is 5.95 Å². The van der Waals surface area contributed by atoms with Crippen molar-refractivity contribution in [3.63, 3.8) is 0 Å². The summed E-state index contributed by atoms with van der Waals surface area (Å²) in [6.45, 7) is 2.27. The molecule has 0 radical (unpaired) electrons. The van der Waals surface area contributed by atoms with E-state index in [0.717, 1.165) is 16.8 Å². The quantitative estimate of drug-likeness (QED) is 0.189. The number of aryl methyl sites for hydroxylation is 1. The van der Waals surface area contributed by atoms with E-state index in [1.54, 1.807) is 10.9 Å². The van der Waals surface area contributed by atoms with E-state index in [1.807, 2.05) is 36.5 Å². The molecule has 3 aromatic carbocycles. The minimum absolute atomic E-state index is 0.368. The summed E-state index contributed by atoms with van der Waals surface area (Å²) in [4.78, 5) is 4.49. The molecule has 0 saturated heterocycles. The number of nitrogen functional groups attached to an aromatic ring is 1. The largest absolute Gasteiger partial charge is 0.368 e. The van der Waals surface area contributed by atoms with Gasteiger partial charge in [0.2, 0.25) is 5.95 Å². The molecule has 0 aliphatic rings. The molecule has 0 unspecified atom stereocenters. The summed E-state index contributed by atoms with van der Waals surface area (Å²) >= 11 is 0. The molecule has 1 aromatic heterocycles. The Bertz CT molecular complexity index is 1170. The van der Waals surface area contributed by atoms with E-state index in [2.05, 4.69) is 65.5 Å². The standard InChI is InChI=1S/C30H34N4/c1-2-3-4-5-6-8-11-24-14-16-26(17-15-24)27-18-20-28(21-19-27)29-23-34(30(31)33-29)32-22-25-12-9-7-10-13-25/h7,9-10,12-23H,2-6,8,11H2,1H3,(H2,31,33). The maximum Gasteiger partial charge on any atom is 0.221 e. The van der Waals surface area contributed by atoms with Crippen LogP contribution in [0.5, 0.6) is 0 Å². The first-order valence-electron chi connectivity index (χ1n) is 12.4. The second kappa shape index (κ2) is 12.0. The lowest BCUT2D eigenvalue weighted by Crippen LogP contribution is -1.96. The van der Waals surface area contributed by atoms with Gasteiger partial charge in [0, 0.05) is 5.56 Å². The van der Waals surface area contributed by atoms with Crippen LogP contribution in [0.25, 0.3) is 22.4 Å². The second-order valence-corrected chi connectivity index (χ2v) is 8.78. The monoisotopic (exact) mass is 450 g/mol. The fourth-order valence-corrected chi connectivity index (χ4v) is 4.09. The van der Waals surface area contributed by atoms with Crippen molar-refractivity contribution in [3.05, 3.63) is 96.2 Å². The van der Waals surface area contributed by atoms with Gasteiger partial charge in [0.25, 0.3) is 0 Å². The summed E-state index contributed by atoms with van der Waals surface area (Å²) in [5.41, 5.74) is 12.8. The van der Waals surface area contributed by atoms with Crippen LogP contribution in [0.3, 0.4) is 0 Å². The van der Waals surface area contributed by atoms with Crippen LogP contribution >= 0.6 is 0 Å². The second-order valence-electron chi connectivity index (χ2n) is 8.78. The van der Waals surface area contributed by atoms with Gasteiger partial charge in [-0.3, -0.25) is 0 Å². The lowest BCUT2D eigenvalue weighted by Gasteiger charge is -2.06. The lowest BCUT2D eigenvalue weighted by atomic mass is 9.99. The van der Waals surface area contributed by atoms with Gasteiger partial charge in [0.15, 0.2) is 0 Å². The molecule has 34 heavy (non-hydrogen) atoms. The molecule has 0 aliphatic heterocycles. The normalized spacial score (nSPS) is 11.3. The Morgan fingerprint density at radius 2 is 1.38 bits per heavy atom. The molecule has 0 fully saturated rings. The zero-order valence-corrected chi connectivity index (χ0v) is 20.0. The van der Waals surface area contributed by atoms with E-state index in [1.165, 1.54) is 61.6 Å². The van der Waals surface area contributed by atoms with E-state index in [4.69, 9.17) is 5.73 Å². The average Bonchev–Trinajstić information content (AvgIpc) is 3.26. The average molecular weight is 451 g/mol. The van der Waals surface area contributed by atoms with E-state index < -0.39 is 0 Å². The van der Waals surface area contributed by atoms with Crippen LogP contribution in [-0.2, 0) is 6.42 Å². The fourth-order valence-electron chi connectivity index (χ4n) is 4.09. The van der Waals surface area contributed by atoms with E-state index >= 15 is 0 Å². The summed E-state index contributed by atoms with van der Waals surface area (Å²) < 4.78 is 1.61. The molecule has 4 rings (SSSR count). The number of rotatable bonds is 11. The number of anilines is 1. The molecule has 0 spiro atoms. The Morgan fingerprint density at radius 1 is 0.765 bits per heavy atom. The number of nitrogens with two attached hydrogens (primary N) is 1. The third-order valence-electron chi connectivity index (χ3n) is 6.13. The lowest BCUT2D eigenvalue weighted by molar-refractivity contribution is 0.607. The topological polar surface area (TPSA) is 56.2 Å². The van der Waals surface area contributed by atoms with Gasteiger partial charge in [-0.25, -0.2) is 9.66 Å². The van der Waals surface area contributed by atoms with Crippen molar-refractivity contribution in [1.29, 1.82) is 0 Å². The number of benzene rings is 3. The SMILES string of the molecule is CCCCCCCCc1ccc(-c2ccc(-c3cn(N=Cc4ccccc4)c(N)n3)cc2)cc1. The van der Waals surface area contributed by atoms with Crippen LogP contribution in [0, 0.1) is 0 Å². The van der Waals surface area contributed by atoms with Crippen molar-refractivity contribution in [2.24, 2.45) is 5.10 Å². The molecule has 4 nitrogen and oxygen atoms in total.